The fraction of sp³-hybridized carbons (Fsp3) is 0.190. The average molecular weight is 522 g/mol. The van der Waals surface area contributed by atoms with Crippen molar-refractivity contribution in [3.63, 3.8) is 0 Å². The lowest BCUT2D eigenvalue weighted by molar-refractivity contribution is -0.143. The molecule has 2 aromatic rings. The topological polar surface area (TPSA) is 94.2 Å². The van der Waals surface area contributed by atoms with Gasteiger partial charge in [0.25, 0.3) is 5.91 Å². The highest BCUT2D eigenvalue weighted by atomic mass is 127. The molecule has 0 aliphatic carbocycles. The van der Waals surface area contributed by atoms with E-state index in [0.717, 1.165) is 4.90 Å². The van der Waals surface area contributed by atoms with Gasteiger partial charge in [0.1, 0.15) is 5.70 Å². The van der Waals surface area contributed by atoms with E-state index in [1.54, 1.807) is 48.5 Å². The molecule has 0 saturated carbocycles. The summed E-state index contributed by atoms with van der Waals surface area (Å²) in [6.45, 7) is 1.94. The Kier molecular flexibility index (Phi) is 6.93. The molecule has 0 atom stereocenters. The summed E-state index contributed by atoms with van der Waals surface area (Å²) in [6, 6.07) is 11.6. The van der Waals surface area contributed by atoms with E-state index in [4.69, 9.17) is 9.47 Å². The van der Waals surface area contributed by atoms with Crippen LogP contribution in [0.25, 0.3) is 6.08 Å². The number of halogens is 1. The minimum absolute atomic E-state index is 0.144. The van der Waals surface area contributed by atoms with Crippen molar-refractivity contribution in [3.05, 3.63) is 57.3 Å². The minimum atomic E-state index is -0.518. The number of urea groups is 1. The molecule has 1 aliphatic heterocycles. The van der Waals surface area contributed by atoms with Gasteiger partial charge in [0, 0.05) is 0 Å². The Balaban J connectivity index is 1.90. The van der Waals surface area contributed by atoms with Crippen LogP contribution in [-0.2, 0) is 14.3 Å². The predicted octanol–water partition coefficient (Wildman–Crippen LogP) is 3.34. The second-order valence-corrected chi connectivity index (χ2v) is 7.25. The van der Waals surface area contributed by atoms with Crippen molar-refractivity contribution in [3.8, 4) is 11.5 Å². The first kappa shape index (κ1) is 21.6. The lowest BCUT2D eigenvalue weighted by atomic mass is 10.1. The van der Waals surface area contributed by atoms with Crippen molar-refractivity contribution in [2.24, 2.45) is 0 Å². The van der Waals surface area contributed by atoms with Crippen LogP contribution in [0.15, 0.2) is 48.2 Å². The molecule has 0 spiro atoms. The average Bonchev–Trinajstić information content (AvgIpc) is 3.01. The number of benzene rings is 2. The third-order valence-electron chi connectivity index (χ3n) is 4.10. The standard InChI is InChI=1S/C21H19IN2O6/c1-3-29-17-11-13(9-15(22)19(17)30-12-18(25)28-2)10-16-20(26)24(21(27)23-16)14-7-5-4-6-8-14/h4-11H,3,12H2,1-2H3,(H,23,27). The van der Waals surface area contributed by atoms with E-state index in [1.807, 2.05) is 6.92 Å². The van der Waals surface area contributed by atoms with Gasteiger partial charge in [0.05, 0.1) is 23.0 Å². The first-order chi connectivity index (χ1) is 14.4. The number of anilines is 1. The number of ether oxygens (including phenoxy) is 3. The van der Waals surface area contributed by atoms with E-state index >= 15 is 0 Å². The molecular weight excluding hydrogens is 503 g/mol. The first-order valence-corrected chi connectivity index (χ1v) is 10.1. The number of para-hydroxylation sites is 1. The fourth-order valence-electron chi connectivity index (χ4n) is 2.78. The lowest BCUT2D eigenvalue weighted by Crippen LogP contribution is -2.30. The van der Waals surface area contributed by atoms with Gasteiger partial charge >= 0.3 is 12.0 Å². The predicted molar refractivity (Wildman–Crippen MR) is 118 cm³/mol. The summed E-state index contributed by atoms with van der Waals surface area (Å²) in [5.74, 6) is -0.153. The number of hydrogen-bond acceptors (Lipinski definition) is 6. The van der Waals surface area contributed by atoms with Gasteiger partial charge in [-0.3, -0.25) is 4.79 Å². The van der Waals surface area contributed by atoms with Crippen molar-refractivity contribution >= 4 is 52.3 Å². The molecule has 9 heteroatoms. The number of hydrogen-bond donors (Lipinski definition) is 1. The summed E-state index contributed by atoms with van der Waals surface area (Å²) in [7, 11) is 1.28. The number of rotatable bonds is 7. The number of nitrogens with zero attached hydrogens (tertiary/aromatic N) is 1. The van der Waals surface area contributed by atoms with Gasteiger partial charge in [-0.1, -0.05) is 18.2 Å². The Morgan fingerprint density at radius 1 is 1.17 bits per heavy atom. The quantitative estimate of drug-likeness (QED) is 0.260. The van der Waals surface area contributed by atoms with E-state index in [-0.39, 0.29) is 12.3 Å². The number of esters is 1. The van der Waals surface area contributed by atoms with E-state index < -0.39 is 17.9 Å². The zero-order valence-corrected chi connectivity index (χ0v) is 18.5. The van der Waals surface area contributed by atoms with Crippen LogP contribution in [-0.4, -0.2) is 38.2 Å². The Bertz CT molecular complexity index is 1010. The molecule has 3 amide bonds. The SMILES string of the molecule is CCOc1cc(C=C2NC(=O)N(c3ccccc3)C2=O)cc(I)c1OCC(=O)OC. The molecule has 0 bridgehead atoms. The van der Waals surface area contributed by atoms with Gasteiger partial charge in [-0.25, -0.2) is 14.5 Å². The van der Waals surface area contributed by atoms with Crippen molar-refractivity contribution in [2.45, 2.75) is 6.92 Å². The second kappa shape index (κ2) is 9.61. The van der Waals surface area contributed by atoms with Crippen LogP contribution in [0, 0.1) is 3.57 Å². The third-order valence-corrected chi connectivity index (χ3v) is 4.90. The molecule has 0 aromatic heterocycles. The largest absolute Gasteiger partial charge is 0.490 e. The Morgan fingerprint density at radius 3 is 2.57 bits per heavy atom. The molecule has 3 rings (SSSR count). The van der Waals surface area contributed by atoms with Crippen molar-refractivity contribution in [2.75, 3.05) is 25.2 Å². The highest BCUT2D eigenvalue weighted by molar-refractivity contribution is 14.1. The molecule has 30 heavy (non-hydrogen) atoms. The Labute approximate surface area is 186 Å². The highest BCUT2D eigenvalue weighted by Gasteiger charge is 2.34. The Hall–Kier alpha value is -3.08. The van der Waals surface area contributed by atoms with Crippen LogP contribution in [0.1, 0.15) is 12.5 Å². The summed E-state index contributed by atoms with van der Waals surface area (Å²) in [5, 5.41) is 2.60. The van der Waals surface area contributed by atoms with Gasteiger partial charge in [-0.2, -0.15) is 0 Å². The maximum absolute atomic E-state index is 12.8. The smallest absolute Gasteiger partial charge is 0.343 e. The molecular formula is C21H19IN2O6. The third kappa shape index (κ3) is 4.73. The molecule has 2 aromatic carbocycles. The molecule has 1 saturated heterocycles. The van der Waals surface area contributed by atoms with E-state index in [2.05, 4.69) is 32.6 Å². The van der Waals surface area contributed by atoms with Crippen molar-refractivity contribution < 1.29 is 28.6 Å². The van der Waals surface area contributed by atoms with Crippen LogP contribution >= 0.6 is 22.6 Å². The number of nitrogens with one attached hydrogen (secondary N) is 1. The maximum atomic E-state index is 12.8. The molecule has 156 valence electrons. The summed E-state index contributed by atoms with van der Waals surface area (Å²) < 4.78 is 16.4. The lowest BCUT2D eigenvalue weighted by Gasteiger charge is -2.14. The van der Waals surface area contributed by atoms with Crippen molar-refractivity contribution in [1.82, 2.24) is 5.32 Å². The zero-order chi connectivity index (χ0) is 21.7. The maximum Gasteiger partial charge on any atom is 0.343 e. The molecule has 1 aliphatic rings. The Morgan fingerprint density at radius 2 is 1.90 bits per heavy atom. The molecule has 1 fully saturated rings. The van der Waals surface area contributed by atoms with Crippen LogP contribution in [0.3, 0.4) is 0 Å². The molecule has 0 unspecified atom stereocenters. The first-order valence-electron chi connectivity index (χ1n) is 9.02. The molecule has 1 heterocycles. The molecule has 1 N–H and O–H groups in total. The normalized spacial score (nSPS) is 14.6. The number of methoxy groups -OCH3 is 1. The van der Waals surface area contributed by atoms with Gasteiger partial charge in [0.15, 0.2) is 18.1 Å². The van der Waals surface area contributed by atoms with Gasteiger partial charge in [0.2, 0.25) is 0 Å². The number of carbonyl (C=O) groups excluding carboxylic acids is 3. The number of imide groups is 1. The molecule has 0 radical (unpaired) electrons. The number of amides is 3. The van der Waals surface area contributed by atoms with E-state index in [9.17, 15) is 14.4 Å². The summed E-state index contributed by atoms with van der Waals surface area (Å²) >= 11 is 2.05. The van der Waals surface area contributed by atoms with E-state index in [1.165, 1.54) is 7.11 Å². The van der Waals surface area contributed by atoms with Crippen molar-refractivity contribution in [1.29, 1.82) is 0 Å². The summed E-state index contributed by atoms with van der Waals surface area (Å²) in [6.07, 6.45) is 1.57. The van der Waals surface area contributed by atoms with E-state index in [0.29, 0.717) is 32.9 Å². The van der Waals surface area contributed by atoms with Crippen LogP contribution in [0.5, 0.6) is 11.5 Å². The van der Waals surface area contributed by atoms with Crippen LogP contribution in [0.2, 0.25) is 0 Å². The summed E-state index contributed by atoms with van der Waals surface area (Å²) in [5.41, 5.74) is 1.26. The molecule has 8 nitrogen and oxygen atoms in total. The van der Waals surface area contributed by atoms with Gasteiger partial charge in [-0.05, 0) is 65.4 Å². The van der Waals surface area contributed by atoms with Crippen LogP contribution in [0.4, 0.5) is 10.5 Å². The fourth-order valence-corrected chi connectivity index (χ4v) is 3.56. The number of carbonyl (C=O) groups is 3. The minimum Gasteiger partial charge on any atom is -0.490 e. The van der Waals surface area contributed by atoms with Gasteiger partial charge in [-0.15, -0.1) is 0 Å². The second-order valence-electron chi connectivity index (χ2n) is 6.09. The highest BCUT2D eigenvalue weighted by Crippen LogP contribution is 2.35. The zero-order valence-electron chi connectivity index (χ0n) is 16.3. The van der Waals surface area contributed by atoms with Crippen LogP contribution < -0.4 is 19.7 Å². The summed E-state index contributed by atoms with van der Waals surface area (Å²) in [4.78, 5) is 37.5. The van der Waals surface area contributed by atoms with Gasteiger partial charge < -0.3 is 19.5 Å². The monoisotopic (exact) mass is 522 g/mol.